The van der Waals surface area contributed by atoms with Crippen LogP contribution in [0, 0.1) is 17.0 Å². The molecule has 0 aliphatic heterocycles. The zero-order valence-corrected chi connectivity index (χ0v) is 9.87. The normalized spacial score (nSPS) is 10.1. The molecule has 0 amide bonds. The van der Waals surface area contributed by atoms with Crippen LogP contribution in [-0.4, -0.2) is 9.91 Å². The molecule has 0 radical (unpaired) electrons. The lowest BCUT2D eigenvalue weighted by Crippen LogP contribution is -2.01. The smallest absolute Gasteiger partial charge is 0.330 e. The summed E-state index contributed by atoms with van der Waals surface area (Å²) in [5.74, 6) is 0.0591. The Balaban J connectivity index is 2.18. The third kappa shape index (κ3) is 2.82. The Bertz CT molecular complexity index is 555. The minimum atomic E-state index is -0.493. The predicted molar refractivity (Wildman–Crippen MR) is 66.4 cm³/mol. The molecule has 0 saturated heterocycles. The summed E-state index contributed by atoms with van der Waals surface area (Å²) in [6, 6.07) is 12.4. The van der Waals surface area contributed by atoms with Crippen LogP contribution in [0.25, 0.3) is 0 Å². The van der Waals surface area contributed by atoms with Crippen molar-refractivity contribution >= 4 is 5.69 Å². The molecule has 0 fully saturated rings. The Kier molecular flexibility index (Phi) is 3.52. The van der Waals surface area contributed by atoms with E-state index in [9.17, 15) is 10.1 Å². The molecule has 5 nitrogen and oxygen atoms in total. The molecule has 2 rings (SSSR count). The summed E-state index contributed by atoms with van der Waals surface area (Å²) >= 11 is 0. The van der Waals surface area contributed by atoms with Crippen molar-refractivity contribution in [3.63, 3.8) is 0 Å². The van der Waals surface area contributed by atoms with Crippen molar-refractivity contribution < 1.29 is 9.66 Å². The van der Waals surface area contributed by atoms with Crippen LogP contribution in [-0.2, 0) is 6.61 Å². The number of nitrogens with zero attached hydrogens (tertiary/aromatic N) is 2. The van der Waals surface area contributed by atoms with Gasteiger partial charge in [-0.3, -0.25) is 10.1 Å². The molecule has 0 aliphatic rings. The second-order valence-electron chi connectivity index (χ2n) is 3.81. The molecule has 92 valence electrons. The molecule has 0 N–H and O–H groups in total. The summed E-state index contributed by atoms with van der Waals surface area (Å²) in [4.78, 5) is 14.4. The highest BCUT2D eigenvalue weighted by Crippen LogP contribution is 2.25. The maximum atomic E-state index is 10.8. The van der Waals surface area contributed by atoms with E-state index in [-0.39, 0.29) is 18.2 Å². The summed E-state index contributed by atoms with van der Waals surface area (Å²) < 4.78 is 5.41. The van der Waals surface area contributed by atoms with Gasteiger partial charge in [-0.05, 0) is 18.6 Å². The fourth-order valence-electron chi connectivity index (χ4n) is 1.50. The first-order valence-corrected chi connectivity index (χ1v) is 5.45. The predicted octanol–water partition coefficient (Wildman–Crippen LogP) is 2.88. The number of benzene rings is 1. The monoisotopic (exact) mass is 244 g/mol. The highest BCUT2D eigenvalue weighted by molar-refractivity contribution is 5.41. The van der Waals surface area contributed by atoms with Crippen LogP contribution < -0.4 is 4.74 Å². The summed E-state index contributed by atoms with van der Waals surface area (Å²) in [7, 11) is 0. The van der Waals surface area contributed by atoms with Gasteiger partial charge < -0.3 is 4.74 Å². The SMILES string of the molecule is Cc1ccc([N+](=O)[O-])c(OCc2ccccc2)n1. The van der Waals surface area contributed by atoms with E-state index in [4.69, 9.17) is 4.74 Å². The maximum absolute atomic E-state index is 10.8. The molecule has 0 atom stereocenters. The number of pyridine rings is 1. The molecule has 18 heavy (non-hydrogen) atoms. The minimum absolute atomic E-state index is 0.0591. The van der Waals surface area contributed by atoms with Crippen LogP contribution >= 0.6 is 0 Å². The Morgan fingerprint density at radius 1 is 1.22 bits per heavy atom. The lowest BCUT2D eigenvalue weighted by molar-refractivity contribution is -0.386. The quantitative estimate of drug-likeness (QED) is 0.612. The van der Waals surface area contributed by atoms with Gasteiger partial charge in [0.05, 0.1) is 4.92 Å². The first kappa shape index (κ1) is 12.0. The summed E-state index contributed by atoms with van der Waals surface area (Å²) in [6.45, 7) is 2.03. The lowest BCUT2D eigenvalue weighted by Gasteiger charge is -2.06. The zero-order valence-electron chi connectivity index (χ0n) is 9.87. The van der Waals surface area contributed by atoms with E-state index >= 15 is 0 Å². The van der Waals surface area contributed by atoms with E-state index in [2.05, 4.69) is 4.98 Å². The van der Waals surface area contributed by atoms with Crippen molar-refractivity contribution in [1.29, 1.82) is 0 Å². The maximum Gasteiger partial charge on any atom is 0.330 e. The van der Waals surface area contributed by atoms with Gasteiger partial charge in [-0.1, -0.05) is 30.3 Å². The Labute approximate surface area is 104 Å². The molecule has 0 saturated carbocycles. The fraction of sp³-hybridized carbons (Fsp3) is 0.154. The van der Waals surface area contributed by atoms with Crippen LogP contribution in [0.2, 0.25) is 0 Å². The number of aromatic nitrogens is 1. The van der Waals surface area contributed by atoms with E-state index < -0.39 is 4.92 Å². The molecule has 0 unspecified atom stereocenters. The van der Waals surface area contributed by atoms with E-state index in [1.54, 1.807) is 13.0 Å². The van der Waals surface area contributed by atoms with Gasteiger partial charge in [-0.15, -0.1) is 0 Å². The molecule has 1 heterocycles. The average molecular weight is 244 g/mol. The first-order valence-electron chi connectivity index (χ1n) is 5.45. The average Bonchev–Trinajstić information content (AvgIpc) is 2.37. The largest absolute Gasteiger partial charge is 0.468 e. The van der Waals surface area contributed by atoms with Gasteiger partial charge in [0.1, 0.15) is 6.61 Å². The van der Waals surface area contributed by atoms with Crippen molar-refractivity contribution in [3.8, 4) is 5.88 Å². The van der Waals surface area contributed by atoms with Gasteiger partial charge in [0.15, 0.2) is 0 Å². The highest BCUT2D eigenvalue weighted by atomic mass is 16.6. The third-order valence-electron chi connectivity index (χ3n) is 2.39. The van der Waals surface area contributed by atoms with Gasteiger partial charge in [0.2, 0.25) is 0 Å². The third-order valence-corrected chi connectivity index (χ3v) is 2.39. The molecule has 2 aromatic rings. The number of rotatable bonds is 4. The summed E-state index contributed by atoms with van der Waals surface area (Å²) in [5, 5.41) is 10.8. The van der Waals surface area contributed by atoms with Gasteiger partial charge in [0.25, 0.3) is 5.88 Å². The van der Waals surface area contributed by atoms with Gasteiger partial charge >= 0.3 is 5.69 Å². The van der Waals surface area contributed by atoms with Crippen molar-refractivity contribution in [3.05, 3.63) is 63.8 Å². The molecular formula is C13H12N2O3. The van der Waals surface area contributed by atoms with Crippen LogP contribution in [0.3, 0.4) is 0 Å². The minimum Gasteiger partial charge on any atom is -0.468 e. The molecule has 0 spiro atoms. The molecule has 0 bridgehead atoms. The van der Waals surface area contributed by atoms with Crippen LogP contribution in [0.15, 0.2) is 42.5 Å². The molecule has 5 heteroatoms. The molecule has 1 aromatic heterocycles. The van der Waals surface area contributed by atoms with Crippen LogP contribution in [0.5, 0.6) is 5.88 Å². The Hall–Kier alpha value is -2.43. The number of hydrogen-bond acceptors (Lipinski definition) is 4. The second-order valence-corrected chi connectivity index (χ2v) is 3.81. The van der Waals surface area contributed by atoms with Crippen molar-refractivity contribution in [2.45, 2.75) is 13.5 Å². The Morgan fingerprint density at radius 2 is 1.94 bits per heavy atom. The molecule has 1 aromatic carbocycles. The highest BCUT2D eigenvalue weighted by Gasteiger charge is 2.16. The number of aryl methyl sites for hydroxylation is 1. The van der Waals surface area contributed by atoms with Gasteiger partial charge in [-0.25, -0.2) is 4.98 Å². The zero-order chi connectivity index (χ0) is 13.0. The van der Waals surface area contributed by atoms with Crippen molar-refractivity contribution in [2.75, 3.05) is 0 Å². The standard InChI is InChI=1S/C13H12N2O3/c1-10-7-8-12(15(16)17)13(14-10)18-9-11-5-3-2-4-6-11/h2-8H,9H2,1H3. The van der Waals surface area contributed by atoms with Gasteiger partial charge in [-0.2, -0.15) is 0 Å². The van der Waals surface area contributed by atoms with Crippen molar-refractivity contribution in [2.24, 2.45) is 0 Å². The second kappa shape index (κ2) is 5.27. The summed E-state index contributed by atoms with van der Waals surface area (Å²) in [5.41, 5.74) is 1.51. The molecular weight excluding hydrogens is 232 g/mol. The fourth-order valence-corrected chi connectivity index (χ4v) is 1.50. The summed E-state index contributed by atoms with van der Waals surface area (Å²) in [6.07, 6.45) is 0. The van der Waals surface area contributed by atoms with Crippen LogP contribution in [0.1, 0.15) is 11.3 Å². The van der Waals surface area contributed by atoms with E-state index in [0.717, 1.165) is 5.56 Å². The Morgan fingerprint density at radius 3 is 2.61 bits per heavy atom. The van der Waals surface area contributed by atoms with Gasteiger partial charge in [0, 0.05) is 11.8 Å². The number of ether oxygens (including phenoxy) is 1. The number of hydrogen-bond donors (Lipinski definition) is 0. The number of nitro groups is 1. The first-order chi connectivity index (χ1) is 8.66. The molecule has 0 aliphatic carbocycles. The van der Waals surface area contributed by atoms with E-state index in [1.807, 2.05) is 30.3 Å². The van der Waals surface area contributed by atoms with E-state index in [1.165, 1.54) is 6.07 Å². The topological polar surface area (TPSA) is 65.3 Å². The van der Waals surface area contributed by atoms with Crippen molar-refractivity contribution in [1.82, 2.24) is 4.98 Å². The van der Waals surface area contributed by atoms with E-state index in [0.29, 0.717) is 5.69 Å². The lowest BCUT2D eigenvalue weighted by atomic mass is 10.2. The van der Waals surface area contributed by atoms with Crippen LogP contribution in [0.4, 0.5) is 5.69 Å².